The Morgan fingerprint density at radius 2 is 1.83 bits per heavy atom. The van der Waals surface area contributed by atoms with Crippen molar-refractivity contribution in [3.63, 3.8) is 0 Å². The van der Waals surface area contributed by atoms with Gasteiger partial charge in [0.1, 0.15) is 17.2 Å². The lowest BCUT2D eigenvalue weighted by Crippen LogP contribution is -2.10. The second-order valence-electron chi connectivity index (χ2n) is 8.82. The van der Waals surface area contributed by atoms with Crippen molar-refractivity contribution in [1.82, 2.24) is 35.0 Å². The van der Waals surface area contributed by atoms with Gasteiger partial charge in [0.05, 0.1) is 23.1 Å². The van der Waals surface area contributed by atoms with Gasteiger partial charge in [0.25, 0.3) is 0 Å². The van der Waals surface area contributed by atoms with Gasteiger partial charge in [0.15, 0.2) is 0 Å². The summed E-state index contributed by atoms with van der Waals surface area (Å²) in [6.07, 6.45) is 7.21. The molecule has 0 atom stereocenters. The molecule has 0 saturated carbocycles. The first-order chi connectivity index (χ1) is 17.0. The van der Waals surface area contributed by atoms with Gasteiger partial charge < -0.3 is 9.88 Å². The van der Waals surface area contributed by atoms with Crippen molar-refractivity contribution in [2.24, 2.45) is 0 Å². The minimum absolute atomic E-state index is 0.273. The number of H-pyrrole nitrogens is 2. The van der Waals surface area contributed by atoms with Crippen LogP contribution in [0.2, 0.25) is 0 Å². The van der Waals surface area contributed by atoms with Crippen LogP contribution >= 0.6 is 0 Å². The number of hydrogen-bond acceptors (Lipinski definition) is 5. The Bertz CT molecular complexity index is 1680. The molecule has 0 fully saturated rings. The molecule has 0 radical (unpaired) electrons. The molecule has 8 heteroatoms. The van der Waals surface area contributed by atoms with Gasteiger partial charge in [-0.15, -0.1) is 0 Å². The first kappa shape index (κ1) is 21.1. The predicted molar refractivity (Wildman–Crippen MR) is 135 cm³/mol. The van der Waals surface area contributed by atoms with E-state index in [-0.39, 0.29) is 5.82 Å². The number of nitrogens with one attached hydrogen (secondary N) is 2. The van der Waals surface area contributed by atoms with E-state index in [0.29, 0.717) is 5.65 Å². The Kier molecular flexibility index (Phi) is 5.08. The van der Waals surface area contributed by atoms with Crippen molar-refractivity contribution >= 4 is 21.9 Å². The highest BCUT2D eigenvalue weighted by Gasteiger charge is 2.16. The number of rotatable bonds is 5. The summed E-state index contributed by atoms with van der Waals surface area (Å²) in [6, 6.07) is 14.6. The molecule has 5 heterocycles. The maximum atomic E-state index is 13.9. The fourth-order valence-corrected chi connectivity index (χ4v) is 4.42. The fraction of sp³-hybridized carbons (Fsp3) is 0.111. The molecule has 0 aliphatic heterocycles. The maximum Gasteiger partial charge on any atom is 0.138 e. The summed E-state index contributed by atoms with van der Waals surface area (Å²) >= 11 is 0. The van der Waals surface area contributed by atoms with E-state index in [1.807, 2.05) is 50.8 Å². The van der Waals surface area contributed by atoms with Gasteiger partial charge in [0, 0.05) is 41.5 Å². The molecule has 2 N–H and O–H groups in total. The lowest BCUT2D eigenvalue weighted by Gasteiger charge is -2.10. The molecule has 6 rings (SSSR count). The van der Waals surface area contributed by atoms with E-state index in [0.717, 1.165) is 62.2 Å². The van der Waals surface area contributed by atoms with Crippen LogP contribution in [-0.2, 0) is 6.54 Å². The molecule has 5 aromatic heterocycles. The quantitative estimate of drug-likeness (QED) is 0.356. The Labute approximate surface area is 200 Å². The van der Waals surface area contributed by atoms with Crippen molar-refractivity contribution < 1.29 is 4.39 Å². The standard InChI is InChI=1S/C27H22FN7/c1-35(2)15-16-8-18(13-29-12-16)23-11-22-25(14-31-23)33-34-26(22)24-10-21-20(6-7-30-27(21)32-24)17-4-3-5-19(28)9-17/h3-14H,15H2,1-2H3,(H,30,32)(H,33,34). The van der Waals surface area contributed by atoms with E-state index in [1.165, 1.54) is 12.1 Å². The molecule has 0 amide bonds. The van der Waals surface area contributed by atoms with Crippen molar-refractivity contribution in [3.05, 3.63) is 84.7 Å². The summed E-state index contributed by atoms with van der Waals surface area (Å²) in [6.45, 7) is 0.801. The van der Waals surface area contributed by atoms with E-state index in [4.69, 9.17) is 0 Å². The number of fused-ring (bicyclic) bond motifs is 2. The summed E-state index contributed by atoms with van der Waals surface area (Å²) in [7, 11) is 4.06. The average Bonchev–Trinajstić information content (AvgIpc) is 3.47. The number of pyridine rings is 3. The lowest BCUT2D eigenvalue weighted by molar-refractivity contribution is 0.402. The van der Waals surface area contributed by atoms with Crippen molar-refractivity contribution in [2.75, 3.05) is 14.1 Å². The van der Waals surface area contributed by atoms with Crippen LogP contribution in [0.4, 0.5) is 4.39 Å². The van der Waals surface area contributed by atoms with Gasteiger partial charge in [-0.05, 0) is 67.2 Å². The summed E-state index contributed by atoms with van der Waals surface area (Å²) in [4.78, 5) is 19.0. The minimum atomic E-state index is -0.273. The molecule has 6 aromatic rings. The highest BCUT2D eigenvalue weighted by atomic mass is 19.1. The highest BCUT2D eigenvalue weighted by molar-refractivity contribution is 6.00. The van der Waals surface area contributed by atoms with Crippen molar-refractivity contribution in [3.8, 4) is 33.8 Å². The van der Waals surface area contributed by atoms with E-state index in [1.54, 1.807) is 18.5 Å². The Morgan fingerprint density at radius 3 is 2.69 bits per heavy atom. The fourth-order valence-electron chi connectivity index (χ4n) is 4.42. The third kappa shape index (κ3) is 3.94. The van der Waals surface area contributed by atoms with Crippen LogP contribution in [0.15, 0.2) is 73.3 Å². The molecule has 0 spiro atoms. The van der Waals surface area contributed by atoms with Gasteiger partial charge in [-0.1, -0.05) is 12.1 Å². The first-order valence-electron chi connectivity index (χ1n) is 11.2. The van der Waals surface area contributed by atoms with Crippen LogP contribution in [0.3, 0.4) is 0 Å². The number of halogens is 1. The third-order valence-corrected chi connectivity index (χ3v) is 5.96. The topological polar surface area (TPSA) is 86.4 Å². The second kappa shape index (κ2) is 8.41. The molecule has 0 aliphatic rings. The number of aromatic nitrogens is 6. The maximum absolute atomic E-state index is 13.9. The zero-order chi connectivity index (χ0) is 23.9. The molecule has 0 unspecified atom stereocenters. The van der Waals surface area contributed by atoms with Crippen LogP contribution in [0.1, 0.15) is 5.56 Å². The highest BCUT2D eigenvalue weighted by Crippen LogP contribution is 2.34. The first-order valence-corrected chi connectivity index (χ1v) is 11.2. The van der Waals surface area contributed by atoms with Crippen molar-refractivity contribution in [2.45, 2.75) is 6.54 Å². The third-order valence-electron chi connectivity index (χ3n) is 5.96. The Hall–Kier alpha value is -4.43. The molecule has 0 saturated heterocycles. The van der Waals surface area contributed by atoms with E-state index in [9.17, 15) is 4.39 Å². The second-order valence-corrected chi connectivity index (χ2v) is 8.82. The van der Waals surface area contributed by atoms with Crippen LogP contribution in [0, 0.1) is 5.82 Å². The largest absolute Gasteiger partial charge is 0.338 e. The van der Waals surface area contributed by atoms with Crippen molar-refractivity contribution in [1.29, 1.82) is 0 Å². The summed E-state index contributed by atoms with van der Waals surface area (Å²) < 4.78 is 13.9. The van der Waals surface area contributed by atoms with Gasteiger partial charge in [0.2, 0.25) is 0 Å². The van der Waals surface area contributed by atoms with E-state index in [2.05, 4.69) is 41.1 Å². The summed E-state index contributed by atoms with van der Waals surface area (Å²) in [5.74, 6) is -0.273. The molecule has 35 heavy (non-hydrogen) atoms. The van der Waals surface area contributed by atoms with Crippen LogP contribution < -0.4 is 0 Å². The monoisotopic (exact) mass is 463 g/mol. The van der Waals surface area contributed by atoms with Gasteiger partial charge >= 0.3 is 0 Å². The zero-order valence-electron chi connectivity index (χ0n) is 19.2. The zero-order valence-corrected chi connectivity index (χ0v) is 19.2. The molecular formula is C27H22FN7. The predicted octanol–water partition coefficient (Wildman–Crippen LogP) is 5.43. The van der Waals surface area contributed by atoms with Crippen LogP contribution in [0.5, 0.6) is 0 Å². The Balaban J connectivity index is 1.45. The lowest BCUT2D eigenvalue weighted by atomic mass is 10.0. The average molecular weight is 464 g/mol. The number of benzene rings is 1. The minimum Gasteiger partial charge on any atom is -0.338 e. The molecule has 172 valence electrons. The number of nitrogens with zero attached hydrogens (tertiary/aromatic N) is 5. The van der Waals surface area contributed by atoms with E-state index < -0.39 is 0 Å². The Morgan fingerprint density at radius 1 is 0.914 bits per heavy atom. The molecule has 0 bridgehead atoms. The summed E-state index contributed by atoms with van der Waals surface area (Å²) in [5.41, 5.74) is 7.73. The van der Waals surface area contributed by atoms with Crippen LogP contribution in [0.25, 0.3) is 55.7 Å². The van der Waals surface area contributed by atoms with Gasteiger partial charge in [-0.25, -0.2) is 9.37 Å². The molecule has 7 nitrogen and oxygen atoms in total. The number of aromatic amines is 2. The molecular weight excluding hydrogens is 441 g/mol. The van der Waals surface area contributed by atoms with Gasteiger partial charge in [-0.3, -0.25) is 15.1 Å². The molecule has 1 aromatic carbocycles. The molecule has 0 aliphatic carbocycles. The van der Waals surface area contributed by atoms with Gasteiger partial charge in [-0.2, -0.15) is 5.10 Å². The van der Waals surface area contributed by atoms with E-state index >= 15 is 0 Å². The smallest absolute Gasteiger partial charge is 0.138 e. The number of hydrogen-bond donors (Lipinski definition) is 2. The van der Waals surface area contributed by atoms with Crippen LogP contribution in [-0.4, -0.2) is 49.1 Å². The SMILES string of the molecule is CN(C)Cc1cncc(-c2cc3c(-c4cc5c(-c6cccc(F)c6)ccnc5[nH]4)n[nH]c3cn2)c1. The normalized spacial score (nSPS) is 11.7. The summed E-state index contributed by atoms with van der Waals surface area (Å²) in [5, 5.41) is 9.48.